The van der Waals surface area contributed by atoms with E-state index in [2.05, 4.69) is 20.3 Å². The molecule has 9 heteroatoms. The van der Waals surface area contributed by atoms with Crippen molar-refractivity contribution in [3.8, 4) is 5.69 Å². The van der Waals surface area contributed by atoms with Crippen LogP contribution in [-0.2, 0) is 11.2 Å². The minimum atomic E-state index is -0.702. The zero-order valence-electron chi connectivity index (χ0n) is 15.9. The fraction of sp³-hybridized carbons (Fsp3) is 0.200. The van der Waals surface area contributed by atoms with Gasteiger partial charge in [0.15, 0.2) is 0 Å². The number of aromatic nitrogens is 6. The second-order valence-corrected chi connectivity index (χ2v) is 6.37. The Bertz CT molecular complexity index is 1250. The van der Waals surface area contributed by atoms with Crippen LogP contribution in [0.1, 0.15) is 34.4 Å². The maximum Gasteiger partial charge on any atom is 0.376 e. The number of aryl methyl sites for hydroxylation is 1. The van der Waals surface area contributed by atoms with E-state index in [1.165, 1.54) is 4.68 Å². The number of carbonyl (C=O) groups is 1. The molecule has 0 radical (unpaired) electrons. The van der Waals surface area contributed by atoms with Crippen molar-refractivity contribution in [3.63, 3.8) is 0 Å². The van der Waals surface area contributed by atoms with Crippen LogP contribution in [0.2, 0.25) is 0 Å². The van der Waals surface area contributed by atoms with E-state index in [0.717, 1.165) is 15.5 Å². The summed E-state index contributed by atoms with van der Waals surface area (Å²) in [5.74, 6) is -0.702. The van der Waals surface area contributed by atoms with Crippen molar-refractivity contribution in [2.75, 3.05) is 6.61 Å². The lowest BCUT2D eigenvalue weighted by molar-refractivity contribution is 0.0509. The minimum absolute atomic E-state index is 0.141. The van der Waals surface area contributed by atoms with E-state index in [1.807, 2.05) is 37.3 Å². The van der Waals surface area contributed by atoms with E-state index in [-0.39, 0.29) is 30.3 Å². The van der Waals surface area contributed by atoms with Crippen LogP contribution in [-0.4, -0.2) is 41.9 Å². The molecular formula is C20H18N6O3. The van der Waals surface area contributed by atoms with Crippen molar-refractivity contribution in [1.82, 2.24) is 29.4 Å². The highest BCUT2D eigenvalue weighted by molar-refractivity contribution is 5.86. The molecule has 0 fully saturated rings. The molecular weight excluding hydrogens is 372 g/mol. The van der Waals surface area contributed by atoms with Gasteiger partial charge in [-0.05, 0) is 37.1 Å². The molecule has 0 unspecified atom stereocenters. The van der Waals surface area contributed by atoms with Crippen LogP contribution >= 0.6 is 0 Å². The number of ether oxygens (including phenoxy) is 1. The van der Waals surface area contributed by atoms with Gasteiger partial charge in [-0.15, -0.1) is 15.3 Å². The van der Waals surface area contributed by atoms with Gasteiger partial charge in [-0.1, -0.05) is 24.3 Å². The van der Waals surface area contributed by atoms with Gasteiger partial charge in [-0.2, -0.15) is 4.68 Å². The first kappa shape index (κ1) is 18.5. The number of rotatable bonds is 5. The third-order valence-corrected chi connectivity index (χ3v) is 4.40. The molecule has 146 valence electrons. The first-order valence-electron chi connectivity index (χ1n) is 9.09. The number of carbonyl (C=O) groups excluding carboxylic acids is 1. The molecule has 4 rings (SSSR count). The van der Waals surface area contributed by atoms with E-state index in [9.17, 15) is 9.59 Å². The lowest BCUT2D eigenvalue weighted by atomic mass is 10.2. The molecule has 0 aliphatic heterocycles. The summed E-state index contributed by atoms with van der Waals surface area (Å²) in [7, 11) is 0. The second kappa shape index (κ2) is 7.63. The van der Waals surface area contributed by atoms with Gasteiger partial charge in [0, 0.05) is 18.8 Å². The van der Waals surface area contributed by atoms with Crippen molar-refractivity contribution < 1.29 is 9.53 Å². The summed E-state index contributed by atoms with van der Waals surface area (Å²) in [5, 5.41) is 12.7. The molecule has 29 heavy (non-hydrogen) atoms. The fourth-order valence-electron chi connectivity index (χ4n) is 3.02. The van der Waals surface area contributed by atoms with Crippen molar-refractivity contribution in [1.29, 1.82) is 0 Å². The first-order valence-corrected chi connectivity index (χ1v) is 9.09. The highest BCUT2D eigenvalue weighted by atomic mass is 16.5. The van der Waals surface area contributed by atoms with Crippen molar-refractivity contribution in [2.24, 2.45) is 0 Å². The summed E-state index contributed by atoms with van der Waals surface area (Å²) < 4.78 is 7.69. The van der Waals surface area contributed by atoms with Gasteiger partial charge in [0.05, 0.1) is 12.3 Å². The Labute approximate surface area is 165 Å². The molecule has 4 aromatic rings. The van der Waals surface area contributed by atoms with Gasteiger partial charge in [-0.3, -0.25) is 9.78 Å². The number of hydrogen-bond donors (Lipinski definition) is 0. The van der Waals surface area contributed by atoms with Crippen molar-refractivity contribution >= 4 is 11.7 Å². The third-order valence-electron chi connectivity index (χ3n) is 4.40. The highest BCUT2D eigenvalue weighted by Gasteiger charge is 2.24. The summed E-state index contributed by atoms with van der Waals surface area (Å²) in [6.45, 7) is 3.75. The maximum absolute atomic E-state index is 13.2. The second-order valence-electron chi connectivity index (χ2n) is 6.37. The molecule has 0 aliphatic carbocycles. The Morgan fingerprint density at radius 3 is 2.69 bits per heavy atom. The van der Waals surface area contributed by atoms with Crippen LogP contribution in [0.4, 0.5) is 0 Å². The molecule has 0 saturated heterocycles. The normalized spacial score (nSPS) is 11.0. The van der Waals surface area contributed by atoms with E-state index < -0.39 is 11.5 Å². The number of esters is 1. The van der Waals surface area contributed by atoms with Gasteiger partial charge < -0.3 is 4.74 Å². The molecule has 1 aromatic carbocycles. The summed E-state index contributed by atoms with van der Waals surface area (Å²) in [4.78, 5) is 29.7. The molecule has 0 N–H and O–H groups in total. The Morgan fingerprint density at radius 2 is 1.97 bits per heavy atom. The summed E-state index contributed by atoms with van der Waals surface area (Å²) in [5.41, 5.74) is 2.12. The lowest BCUT2D eigenvalue weighted by Gasteiger charge is -2.05. The van der Waals surface area contributed by atoms with Crippen LogP contribution in [0, 0.1) is 6.92 Å². The first-order chi connectivity index (χ1) is 14.1. The van der Waals surface area contributed by atoms with E-state index in [4.69, 9.17) is 4.74 Å². The third kappa shape index (κ3) is 3.38. The Morgan fingerprint density at radius 1 is 1.14 bits per heavy atom. The highest BCUT2D eigenvalue weighted by Crippen LogP contribution is 2.16. The predicted molar refractivity (Wildman–Crippen MR) is 104 cm³/mol. The van der Waals surface area contributed by atoms with Crippen molar-refractivity contribution in [3.05, 3.63) is 81.8 Å². The SMILES string of the molecule is CCOC(=O)c1nn(-c2ccccc2C)c2nnc(Cc3cccnc3)c(=O)n12. The molecule has 3 aromatic heterocycles. The molecule has 0 aliphatic rings. The Balaban J connectivity index is 1.94. The topological polar surface area (TPSA) is 104 Å². The van der Waals surface area contributed by atoms with Gasteiger partial charge in [0.25, 0.3) is 11.3 Å². The van der Waals surface area contributed by atoms with Crippen LogP contribution in [0.15, 0.2) is 53.6 Å². The fourth-order valence-corrected chi connectivity index (χ4v) is 3.02. The predicted octanol–water partition coefficient (Wildman–Crippen LogP) is 1.75. The smallest absolute Gasteiger partial charge is 0.376 e. The standard InChI is InChI=1S/C20H18N6O3/c1-3-29-19(28)17-24-26(16-9-5-4-7-13(16)2)20-23-22-15(18(27)25(17)20)11-14-8-6-10-21-12-14/h4-10,12H,3,11H2,1-2H3. The molecule has 0 atom stereocenters. The zero-order chi connectivity index (χ0) is 20.4. The number of fused-ring (bicyclic) bond motifs is 1. The Hall–Kier alpha value is -3.88. The van der Waals surface area contributed by atoms with Gasteiger partial charge in [-0.25, -0.2) is 9.20 Å². The Kier molecular flexibility index (Phi) is 4.86. The molecule has 3 heterocycles. The summed E-state index contributed by atoms with van der Waals surface area (Å²) >= 11 is 0. The monoisotopic (exact) mass is 390 g/mol. The molecule has 9 nitrogen and oxygen atoms in total. The van der Waals surface area contributed by atoms with Gasteiger partial charge in [0.1, 0.15) is 5.69 Å². The van der Waals surface area contributed by atoms with Crippen LogP contribution in [0.5, 0.6) is 0 Å². The average Bonchev–Trinajstić information content (AvgIpc) is 3.12. The van der Waals surface area contributed by atoms with Crippen LogP contribution < -0.4 is 5.56 Å². The molecule has 0 spiro atoms. The number of para-hydroxylation sites is 1. The summed E-state index contributed by atoms with van der Waals surface area (Å²) in [6.07, 6.45) is 3.54. The number of nitrogens with zero attached hydrogens (tertiary/aromatic N) is 6. The van der Waals surface area contributed by atoms with Gasteiger partial charge >= 0.3 is 5.97 Å². The molecule has 0 saturated carbocycles. The average molecular weight is 390 g/mol. The number of pyridine rings is 1. The molecule has 0 amide bonds. The lowest BCUT2D eigenvalue weighted by Crippen LogP contribution is -2.25. The van der Waals surface area contributed by atoms with Crippen LogP contribution in [0.25, 0.3) is 11.5 Å². The summed E-state index contributed by atoms with van der Waals surface area (Å²) in [6, 6.07) is 11.1. The maximum atomic E-state index is 13.2. The van der Waals surface area contributed by atoms with E-state index >= 15 is 0 Å². The minimum Gasteiger partial charge on any atom is -0.460 e. The zero-order valence-corrected chi connectivity index (χ0v) is 15.9. The van der Waals surface area contributed by atoms with E-state index in [1.54, 1.807) is 25.4 Å². The largest absolute Gasteiger partial charge is 0.460 e. The quantitative estimate of drug-likeness (QED) is 0.478. The number of hydrogen-bond acceptors (Lipinski definition) is 7. The van der Waals surface area contributed by atoms with Crippen molar-refractivity contribution in [2.45, 2.75) is 20.3 Å². The van der Waals surface area contributed by atoms with E-state index in [0.29, 0.717) is 5.69 Å². The molecule has 0 bridgehead atoms. The van der Waals surface area contributed by atoms with Gasteiger partial charge in [0.2, 0.25) is 5.82 Å². The van der Waals surface area contributed by atoms with Crippen LogP contribution in [0.3, 0.4) is 0 Å². The number of benzene rings is 1.